The number of cyclic esters (lactones) is 1. The maximum absolute atomic E-state index is 13.2. The normalized spacial score (nSPS) is 19.8. The summed E-state index contributed by atoms with van der Waals surface area (Å²) in [5.41, 5.74) is 1.93. The predicted molar refractivity (Wildman–Crippen MR) is 107 cm³/mol. The average molecular weight is 398 g/mol. The van der Waals surface area contributed by atoms with Crippen LogP contribution in [0.4, 0.5) is 0 Å². The minimum Gasteiger partial charge on any atom is -0.497 e. The van der Waals surface area contributed by atoms with Crippen molar-refractivity contribution in [3.05, 3.63) is 59.2 Å². The summed E-state index contributed by atoms with van der Waals surface area (Å²) < 4.78 is 22.3. The molecule has 0 bridgehead atoms. The molecule has 6 nitrogen and oxygen atoms in total. The average Bonchev–Trinajstić information content (AvgIpc) is 2.71. The number of fused-ring (bicyclic) bond motifs is 1. The van der Waals surface area contributed by atoms with Gasteiger partial charge in [0.2, 0.25) is 0 Å². The second kappa shape index (κ2) is 9.56. The highest BCUT2D eigenvalue weighted by Crippen LogP contribution is 2.32. The number of ether oxygens (including phenoxy) is 4. The number of methoxy groups -OCH3 is 2. The van der Waals surface area contributed by atoms with Crippen LogP contribution < -0.4 is 9.47 Å². The van der Waals surface area contributed by atoms with E-state index in [2.05, 4.69) is 0 Å². The van der Waals surface area contributed by atoms with E-state index >= 15 is 0 Å². The minimum atomic E-state index is -0.398. The first-order valence-corrected chi connectivity index (χ1v) is 9.63. The van der Waals surface area contributed by atoms with Crippen LogP contribution in [0.1, 0.15) is 41.3 Å². The zero-order valence-electron chi connectivity index (χ0n) is 17.0. The van der Waals surface area contributed by atoms with Crippen molar-refractivity contribution in [3.8, 4) is 11.5 Å². The van der Waals surface area contributed by atoms with E-state index in [1.807, 2.05) is 37.3 Å². The van der Waals surface area contributed by atoms with E-state index in [0.717, 1.165) is 5.56 Å². The van der Waals surface area contributed by atoms with Gasteiger partial charge in [-0.15, -0.1) is 0 Å². The molecule has 3 rings (SSSR count). The van der Waals surface area contributed by atoms with Gasteiger partial charge in [-0.05, 0) is 24.1 Å². The first kappa shape index (κ1) is 20.9. The molecule has 0 spiro atoms. The molecule has 0 aliphatic carbocycles. The molecular formula is C23H26O6. The van der Waals surface area contributed by atoms with E-state index in [0.29, 0.717) is 35.7 Å². The molecule has 0 radical (unpaired) electrons. The first-order valence-electron chi connectivity index (χ1n) is 9.63. The van der Waals surface area contributed by atoms with Crippen LogP contribution in [-0.4, -0.2) is 38.2 Å². The number of hydrogen-bond donors (Lipinski definition) is 0. The van der Waals surface area contributed by atoms with Crippen molar-refractivity contribution in [1.82, 2.24) is 0 Å². The SMILES string of the molecule is COc1cc2c(c(OC)c1)C(=O)C[C@H](OCc1ccccc1)C[C@@H](C)OC(=O)C2. The number of benzene rings is 2. The molecule has 1 heterocycles. The molecule has 2 atom stereocenters. The topological polar surface area (TPSA) is 71.1 Å². The van der Waals surface area contributed by atoms with Crippen molar-refractivity contribution in [3.63, 3.8) is 0 Å². The quantitative estimate of drug-likeness (QED) is 0.715. The second-order valence-corrected chi connectivity index (χ2v) is 7.12. The molecule has 0 amide bonds. The van der Waals surface area contributed by atoms with Gasteiger partial charge in [0.15, 0.2) is 5.78 Å². The standard InChI is InChI=1S/C23H26O6/c1-15-9-19(28-14-16-7-5-4-6-8-16)12-20(24)23-17(11-22(25)29-15)10-18(26-2)13-21(23)27-3/h4-8,10,13,15,19H,9,11-12,14H2,1-3H3/t15-,19-/m1/s1. The van der Waals surface area contributed by atoms with Crippen LogP contribution in [0.2, 0.25) is 0 Å². The largest absolute Gasteiger partial charge is 0.497 e. The highest BCUT2D eigenvalue weighted by molar-refractivity contribution is 6.01. The van der Waals surface area contributed by atoms with Gasteiger partial charge < -0.3 is 18.9 Å². The van der Waals surface area contributed by atoms with E-state index in [4.69, 9.17) is 18.9 Å². The van der Waals surface area contributed by atoms with E-state index in [-0.39, 0.29) is 30.8 Å². The third kappa shape index (κ3) is 5.35. The Morgan fingerprint density at radius 2 is 1.83 bits per heavy atom. The second-order valence-electron chi connectivity index (χ2n) is 7.12. The molecule has 0 unspecified atom stereocenters. The smallest absolute Gasteiger partial charge is 0.310 e. The monoisotopic (exact) mass is 398 g/mol. The van der Waals surface area contributed by atoms with Gasteiger partial charge in [0, 0.05) is 18.9 Å². The number of rotatable bonds is 5. The summed E-state index contributed by atoms with van der Waals surface area (Å²) in [7, 11) is 3.02. The van der Waals surface area contributed by atoms with Crippen molar-refractivity contribution < 1.29 is 28.5 Å². The number of carbonyl (C=O) groups excluding carboxylic acids is 2. The lowest BCUT2D eigenvalue weighted by Gasteiger charge is -2.24. The molecule has 1 aliphatic rings. The Hall–Kier alpha value is -2.86. The Balaban J connectivity index is 1.90. The lowest BCUT2D eigenvalue weighted by atomic mass is 9.94. The summed E-state index contributed by atoms with van der Waals surface area (Å²) in [5.74, 6) is 0.376. The number of hydrogen-bond acceptors (Lipinski definition) is 6. The molecule has 29 heavy (non-hydrogen) atoms. The molecule has 2 aromatic rings. The molecule has 1 aliphatic heterocycles. The summed E-state index contributed by atoms with van der Waals surface area (Å²) in [6, 6.07) is 13.1. The van der Waals surface area contributed by atoms with Gasteiger partial charge in [-0.1, -0.05) is 30.3 Å². The molecule has 2 aromatic carbocycles. The van der Waals surface area contributed by atoms with Crippen LogP contribution in [0.3, 0.4) is 0 Å². The molecule has 0 saturated carbocycles. The van der Waals surface area contributed by atoms with Crippen molar-refractivity contribution in [2.45, 2.75) is 45.0 Å². The van der Waals surface area contributed by atoms with E-state index in [9.17, 15) is 9.59 Å². The fraction of sp³-hybridized carbons (Fsp3) is 0.391. The van der Waals surface area contributed by atoms with Crippen molar-refractivity contribution in [2.75, 3.05) is 14.2 Å². The minimum absolute atomic E-state index is 0.0193. The lowest BCUT2D eigenvalue weighted by molar-refractivity contribution is -0.149. The van der Waals surface area contributed by atoms with Crippen molar-refractivity contribution in [2.24, 2.45) is 0 Å². The fourth-order valence-electron chi connectivity index (χ4n) is 3.53. The molecule has 6 heteroatoms. The van der Waals surface area contributed by atoms with Gasteiger partial charge in [-0.25, -0.2) is 0 Å². The Labute approximate surface area is 170 Å². The van der Waals surface area contributed by atoms with Crippen LogP contribution in [0.5, 0.6) is 11.5 Å². The highest BCUT2D eigenvalue weighted by Gasteiger charge is 2.28. The van der Waals surface area contributed by atoms with Crippen molar-refractivity contribution >= 4 is 11.8 Å². The van der Waals surface area contributed by atoms with Crippen LogP contribution in [0, 0.1) is 0 Å². The predicted octanol–water partition coefficient (Wildman–Crippen LogP) is 3.74. The van der Waals surface area contributed by atoms with E-state index in [1.165, 1.54) is 14.2 Å². The third-order valence-corrected chi connectivity index (χ3v) is 4.90. The zero-order chi connectivity index (χ0) is 20.8. The van der Waals surface area contributed by atoms with Crippen molar-refractivity contribution in [1.29, 1.82) is 0 Å². The summed E-state index contributed by atoms with van der Waals surface area (Å²) in [5, 5.41) is 0. The van der Waals surface area contributed by atoms with Gasteiger partial charge in [0.1, 0.15) is 17.6 Å². The van der Waals surface area contributed by atoms with Gasteiger partial charge in [0.25, 0.3) is 0 Å². The molecule has 0 N–H and O–H groups in total. The molecule has 0 fully saturated rings. The summed E-state index contributed by atoms with van der Waals surface area (Å²) in [6.07, 6.45) is -0.148. The van der Waals surface area contributed by atoms with E-state index in [1.54, 1.807) is 12.1 Å². The Kier molecular flexibility index (Phi) is 6.88. The van der Waals surface area contributed by atoms with Gasteiger partial charge in [0.05, 0.1) is 38.9 Å². The first-order chi connectivity index (χ1) is 14.0. The lowest BCUT2D eigenvalue weighted by Crippen LogP contribution is -2.28. The molecule has 0 aromatic heterocycles. The van der Waals surface area contributed by atoms with Crippen LogP contribution in [-0.2, 0) is 27.3 Å². The van der Waals surface area contributed by atoms with Crippen LogP contribution in [0.15, 0.2) is 42.5 Å². The zero-order valence-corrected chi connectivity index (χ0v) is 17.0. The number of esters is 1. The number of Topliss-reactive ketones (excluding diaryl/α,β-unsaturated/α-hetero) is 1. The molecular weight excluding hydrogens is 372 g/mol. The Morgan fingerprint density at radius 3 is 2.52 bits per heavy atom. The Morgan fingerprint density at radius 1 is 1.07 bits per heavy atom. The number of ketones is 1. The molecule has 154 valence electrons. The Bertz CT molecular complexity index is 861. The van der Waals surface area contributed by atoms with Crippen LogP contribution >= 0.6 is 0 Å². The van der Waals surface area contributed by atoms with E-state index < -0.39 is 5.97 Å². The highest BCUT2D eigenvalue weighted by atomic mass is 16.5. The third-order valence-electron chi connectivity index (χ3n) is 4.90. The van der Waals surface area contributed by atoms with Crippen LogP contribution in [0.25, 0.3) is 0 Å². The van der Waals surface area contributed by atoms with Gasteiger partial charge in [-0.2, -0.15) is 0 Å². The fourth-order valence-corrected chi connectivity index (χ4v) is 3.53. The van der Waals surface area contributed by atoms with Gasteiger partial charge in [-0.3, -0.25) is 9.59 Å². The summed E-state index contributed by atoms with van der Waals surface area (Å²) in [6.45, 7) is 2.20. The maximum Gasteiger partial charge on any atom is 0.310 e. The van der Waals surface area contributed by atoms with Gasteiger partial charge >= 0.3 is 5.97 Å². The summed E-state index contributed by atoms with van der Waals surface area (Å²) in [4.78, 5) is 25.6. The summed E-state index contributed by atoms with van der Waals surface area (Å²) >= 11 is 0. The maximum atomic E-state index is 13.2. The molecule has 0 saturated heterocycles. The number of carbonyl (C=O) groups is 2.